The van der Waals surface area contributed by atoms with Gasteiger partial charge in [-0.3, -0.25) is 9.59 Å². The average Bonchev–Trinajstić information content (AvgIpc) is 3.37. The van der Waals surface area contributed by atoms with E-state index in [-0.39, 0.29) is 35.4 Å². The first-order chi connectivity index (χ1) is 18.3. The minimum absolute atomic E-state index is 0.141. The molecule has 0 saturated carbocycles. The van der Waals surface area contributed by atoms with E-state index < -0.39 is 6.10 Å². The molecule has 0 spiro atoms. The van der Waals surface area contributed by atoms with E-state index in [1.54, 1.807) is 18.2 Å². The van der Waals surface area contributed by atoms with E-state index in [9.17, 15) is 14.4 Å². The van der Waals surface area contributed by atoms with Gasteiger partial charge < -0.3 is 30.3 Å². The van der Waals surface area contributed by atoms with Gasteiger partial charge >= 0.3 is 12.0 Å². The number of likely N-dealkylation sites (tertiary alicyclic amines) is 1. The van der Waals surface area contributed by atoms with Crippen LogP contribution < -0.4 is 20.7 Å². The van der Waals surface area contributed by atoms with E-state index in [0.717, 1.165) is 25.1 Å². The third-order valence-corrected chi connectivity index (χ3v) is 6.60. The van der Waals surface area contributed by atoms with Crippen LogP contribution in [0.1, 0.15) is 31.7 Å². The Morgan fingerprint density at radius 3 is 2.76 bits per heavy atom. The maximum absolute atomic E-state index is 12.7. The van der Waals surface area contributed by atoms with E-state index in [2.05, 4.69) is 30.6 Å². The Morgan fingerprint density at radius 1 is 1.21 bits per heavy atom. The quantitative estimate of drug-likeness (QED) is 0.334. The van der Waals surface area contributed by atoms with Crippen LogP contribution in [0.2, 0.25) is 10.0 Å². The molecule has 1 aliphatic heterocycles. The zero-order chi connectivity index (χ0) is 27.5. The number of rotatable bonds is 12. The molecular weight excluding hydrogens is 533 g/mol. The summed E-state index contributed by atoms with van der Waals surface area (Å²) in [6.45, 7) is 5.00. The monoisotopic (exact) mass is 565 g/mol. The molecule has 3 N–H and O–H groups in total. The lowest BCUT2D eigenvalue weighted by molar-refractivity contribution is -0.141. The SMILES string of the molecule is CC[C@@H](Oc1ncc(Cl)cc1Cl)C(=O)NCc1cccc(NC(=O)NCC2CCN(CCC(=O)OC)C2)c1. The van der Waals surface area contributed by atoms with Gasteiger partial charge in [0.25, 0.3) is 5.91 Å². The van der Waals surface area contributed by atoms with Gasteiger partial charge in [0.2, 0.25) is 5.88 Å². The van der Waals surface area contributed by atoms with Crippen molar-refractivity contribution >= 4 is 46.8 Å². The van der Waals surface area contributed by atoms with Crippen LogP contribution in [-0.2, 0) is 20.9 Å². The fraction of sp³-hybridized carbons (Fsp3) is 0.462. The molecule has 2 aromatic rings. The fourth-order valence-electron chi connectivity index (χ4n) is 4.05. The van der Waals surface area contributed by atoms with Crippen molar-refractivity contribution in [2.75, 3.05) is 38.6 Å². The molecular formula is C26H33Cl2N5O5. The highest BCUT2D eigenvalue weighted by atomic mass is 35.5. The number of urea groups is 1. The van der Waals surface area contributed by atoms with Crippen LogP contribution in [0.25, 0.3) is 0 Å². The standard InChI is InChI=1S/C26H33Cl2N5O5/c1-3-22(38-25-21(28)12-19(27)15-30-25)24(35)29-13-17-5-4-6-20(11-17)32-26(36)31-14-18-7-9-33(16-18)10-8-23(34)37-2/h4-6,11-12,15,18,22H,3,7-10,13-14,16H2,1-2H3,(H,29,35)(H2,31,32,36)/t18?,22-/m1/s1. The molecule has 3 amide bonds. The van der Waals surface area contributed by atoms with E-state index in [0.29, 0.717) is 42.6 Å². The van der Waals surface area contributed by atoms with Crippen molar-refractivity contribution in [3.63, 3.8) is 0 Å². The molecule has 0 aliphatic carbocycles. The van der Waals surface area contributed by atoms with E-state index in [1.807, 2.05) is 13.0 Å². The first kappa shape index (κ1) is 29.5. The number of hydrogen-bond donors (Lipinski definition) is 3. The normalized spacial score (nSPS) is 15.9. The van der Waals surface area contributed by atoms with Crippen LogP contribution in [0, 0.1) is 5.92 Å². The molecule has 0 radical (unpaired) electrons. The Bertz CT molecular complexity index is 1120. The molecule has 1 saturated heterocycles. The number of pyridine rings is 1. The molecule has 1 aliphatic rings. The number of carbonyl (C=O) groups is 3. The Labute approximate surface area is 232 Å². The van der Waals surface area contributed by atoms with Gasteiger partial charge in [0.1, 0.15) is 5.02 Å². The molecule has 38 heavy (non-hydrogen) atoms. The van der Waals surface area contributed by atoms with Crippen molar-refractivity contribution in [2.24, 2.45) is 5.92 Å². The van der Waals surface area contributed by atoms with E-state index >= 15 is 0 Å². The molecule has 3 rings (SSSR count). The highest BCUT2D eigenvalue weighted by molar-refractivity contribution is 6.35. The average molecular weight is 566 g/mol. The van der Waals surface area contributed by atoms with Crippen molar-refractivity contribution in [1.29, 1.82) is 0 Å². The van der Waals surface area contributed by atoms with Gasteiger partial charge in [0.15, 0.2) is 6.10 Å². The summed E-state index contributed by atoms with van der Waals surface area (Å²) in [6.07, 6.45) is 2.37. The Balaban J connectivity index is 1.42. The predicted octanol–water partition coefficient (Wildman–Crippen LogP) is 3.87. The molecule has 10 nitrogen and oxygen atoms in total. The molecule has 1 aromatic carbocycles. The summed E-state index contributed by atoms with van der Waals surface area (Å²) in [5, 5.41) is 9.20. The number of aromatic nitrogens is 1. The number of esters is 1. The second kappa shape index (κ2) is 14.8. The predicted molar refractivity (Wildman–Crippen MR) is 145 cm³/mol. The topological polar surface area (TPSA) is 122 Å². The van der Waals surface area contributed by atoms with Gasteiger partial charge in [-0.2, -0.15) is 0 Å². The first-order valence-electron chi connectivity index (χ1n) is 12.5. The van der Waals surface area contributed by atoms with Crippen molar-refractivity contribution in [1.82, 2.24) is 20.5 Å². The first-order valence-corrected chi connectivity index (χ1v) is 13.2. The summed E-state index contributed by atoms with van der Waals surface area (Å²) in [4.78, 5) is 42.7. The summed E-state index contributed by atoms with van der Waals surface area (Å²) < 4.78 is 10.4. The lowest BCUT2D eigenvalue weighted by atomic mass is 10.1. The zero-order valence-electron chi connectivity index (χ0n) is 21.5. The van der Waals surface area contributed by atoms with Crippen molar-refractivity contribution in [3.8, 4) is 5.88 Å². The van der Waals surface area contributed by atoms with E-state index in [1.165, 1.54) is 19.4 Å². The number of benzene rings is 1. The fourth-order valence-corrected chi connectivity index (χ4v) is 4.48. The largest absolute Gasteiger partial charge is 0.469 e. The molecule has 2 heterocycles. The minimum Gasteiger partial charge on any atom is -0.469 e. The third-order valence-electron chi connectivity index (χ3n) is 6.12. The van der Waals surface area contributed by atoms with Gasteiger partial charge in [-0.1, -0.05) is 42.3 Å². The minimum atomic E-state index is -0.778. The number of ether oxygens (including phenoxy) is 2. The van der Waals surface area contributed by atoms with Gasteiger partial charge in [-0.15, -0.1) is 0 Å². The highest BCUT2D eigenvalue weighted by Gasteiger charge is 2.23. The Kier molecular flexibility index (Phi) is 11.4. The molecule has 206 valence electrons. The van der Waals surface area contributed by atoms with Crippen LogP contribution in [0.3, 0.4) is 0 Å². The molecule has 1 fully saturated rings. The number of halogens is 2. The Hall–Kier alpha value is -3.08. The lowest BCUT2D eigenvalue weighted by Crippen LogP contribution is -2.37. The molecule has 2 atom stereocenters. The number of nitrogens with zero attached hydrogens (tertiary/aromatic N) is 2. The van der Waals surface area contributed by atoms with Gasteiger partial charge in [0.05, 0.1) is 18.6 Å². The van der Waals surface area contributed by atoms with Gasteiger partial charge in [-0.25, -0.2) is 9.78 Å². The molecule has 0 bridgehead atoms. The van der Waals surface area contributed by atoms with Crippen LogP contribution in [0.15, 0.2) is 36.5 Å². The van der Waals surface area contributed by atoms with Gasteiger partial charge in [0, 0.05) is 38.1 Å². The summed E-state index contributed by atoms with van der Waals surface area (Å²) in [5.41, 5.74) is 1.42. The van der Waals surface area contributed by atoms with Crippen LogP contribution in [0.5, 0.6) is 5.88 Å². The maximum atomic E-state index is 12.7. The van der Waals surface area contributed by atoms with Crippen molar-refractivity contribution in [2.45, 2.75) is 38.8 Å². The molecule has 12 heteroatoms. The summed E-state index contributed by atoms with van der Waals surface area (Å²) in [7, 11) is 1.39. The highest BCUT2D eigenvalue weighted by Crippen LogP contribution is 2.26. The van der Waals surface area contributed by atoms with Crippen LogP contribution >= 0.6 is 23.2 Å². The summed E-state index contributed by atoms with van der Waals surface area (Å²) in [5.74, 6) is -0.0616. The van der Waals surface area contributed by atoms with E-state index in [4.69, 9.17) is 27.9 Å². The maximum Gasteiger partial charge on any atom is 0.319 e. The lowest BCUT2D eigenvalue weighted by Gasteiger charge is -2.17. The summed E-state index contributed by atoms with van der Waals surface area (Å²) >= 11 is 12.0. The molecule has 1 unspecified atom stereocenters. The Morgan fingerprint density at radius 2 is 2.03 bits per heavy atom. The number of anilines is 1. The number of methoxy groups -OCH3 is 1. The van der Waals surface area contributed by atoms with Crippen molar-refractivity contribution < 1.29 is 23.9 Å². The number of hydrogen-bond acceptors (Lipinski definition) is 7. The summed E-state index contributed by atoms with van der Waals surface area (Å²) in [6, 6.07) is 8.43. The number of amides is 3. The smallest absolute Gasteiger partial charge is 0.319 e. The van der Waals surface area contributed by atoms with Crippen LogP contribution in [-0.4, -0.2) is 67.2 Å². The third kappa shape index (κ3) is 9.34. The van der Waals surface area contributed by atoms with Crippen molar-refractivity contribution in [3.05, 3.63) is 52.1 Å². The zero-order valence-corrected chi connectivity index (χ0v) is 23.0. The van der Waals surface area contributed by atoms with Crippen LogP contribution in [0.4, 0.5) is 10.5 Å². The number of nitrogens with one attached hydrogen (secondary N) is 3. The van der Waals surface area contributed by atoms with Gasteiger partial charge in [-0.05, 0) is 49.1 Å². The second-order valence-corrected chi connectivity index (χ2v) is 9.83. The molecule has 1 aromatic heterocycles. The second-order valence-electron chi connectivity index (χ2n) is 8.99. The number of carbonyl (C=O) groups excluding carboxylic acids is 3.